The fourth-order valence-corrected chi connectivity index (χ4v) is 4.77. The smallest absolute Gasteiger partial charge is 0.336 e. The molecule has 31 heavy (non-hydrogen) atoms. The van der Waals surface area contributed by atoms with Crippen molar-refractivity contribution in [2.45, 2.75) is 52.9 Å². The van der Waals surface area contributed by atoms with Crippen LogP contribution in [0, 0.1) is 18.3 Å². The molecule has 2 aliphatic rings. The van der Waals surface area contributed by atoms with Gasteiger partial charge in [0.05, 0.1) is 24.0 Å². The average Bonchev–Trinajstić information content (AvgIpc) is 3.12. The number of benzene rings is 1. The highest BCUT2D eigenvalue weighted by molar-refractivity contribution is 6.12. The summed E-state index contributed by atoms with van der Waals surface area (Å²) >= 11 is 0. The number of hydrogen-bond donors (Lipinski definition) is 0. The van der Waals surface area contributed by atoms with Gasteiger partial charge in [0.2, 0.25) is 0 Å². The van der Waals surface area contributed by atoms with Crippen LogP contribution in [0.1, 0.15) is 56.6 Å². The minimum atomic E-state index is -0.492. The summed E-state index contributed by atoms with van der Waals surface area (Å²) in [5.41, 5.74) is 2.86. The van der Waals surface area contributed by atoms with Crippen molar-refractivity contribution in [1.82, 2.24) is 0 Å². The third kappa shape index (κ3) is 4.41. The molecule has 5 heteroatoms. The van der Waals surface area contributed by atoms with Crippen molar-refractivity contribution in [3.63, 3.8) is 0 Å². The number of ketones is 1. The molecule has 1 aromatic carbocycles. The summed E-state index contributed by atoms with van der Waals surface area (Å²) in [6.07, 6.45) is 1.82. The molecule has 0 saturated heterocycles. The first kappa shape index (κ1) is 21.3. The summed E-state index contributed by atoms with van der Waals surface area (Å²) in [4.78, 5) is 31.1. The lowest BCUT2D eigenvalue weighted by Crippen LogP contribution is -2.44. The highest BCUT2D eigenvalue weighted by Crippen LogP contribution is 2.47. The predicted octanol–water partition coefficient (Wildman–Crippen LogP) is 5.19. The highest BCUT2D eigenvalue weighted by atomic mass is 16.5. The van der Waals surface area contributed by atoms with E-state index in [4.69, 9.17) is 14.1 Å². The van der Waals surface area contributed by atoms with Crippen molar-refractivity contribution in [3.8, 4) is 0 Å². The largest absolute Gasteiger partial charge is 0.466 e. The van der Waals surface area contributed by atoms with E-state index in [1.54, 1.807) is 0 Å². The van der Waals surface area contributed by atoms with E-state index < -0.39 is 17.8 Å². The molecule has 1 saturated carbocycles. The van der Waals surface area contributed by atoms with Crippen LogP contribution in [0.15, 0.2) is 63.1 Å². The van der Waals surface area contributed by atoms with Crippen LogP contribution < -0.4 is 0 Å². The van der Waals surface area contributed by atoms with E-state index in [0.29, 0.717) is 29.9 Å². The van der Waals surface area contributed by atoms with Gasteiger partial charge in [-0.25, -0.2) is 4.79 Å². The van der Waals surface area contributed by atoms with Crippen LogP contribution >= 0.6 is 0 Å². The molecule has 0 bridgehead atoms. The molecule has 4 rings (SSSR count). The van der Waals surface area contributed by atoms with Gasteiger partial charge in [0.1, 0.15) is 17.3 Å². The molecule has 0 N–H and O–H groups in total. The Kier molecular flexibility index (Phi) is 5.69. The molecule has 0 spiro atoms. The summed E-state index contributed by atoms with van der Waals surface area (Å²) in [5.74, 6) is 0.0893. The van der Waals surface area contributed by atoms with Gasteiger partial charge in [-0.2, -0.15) is 0 Å². The quantitative estimate of drug-likeness (QED) is 0.625. The molecule has 0 radical (unpaired) electrons. The normalized spacial score (nSPS) is 22.7. The molecule has 1 aliphatic heterocycles. The van der Waals surface area contributed by atoms with Gasteiger partial charge in [0.15, 0.2) is 0 Å². The predicted molar refractivity (Wildman–Crippen MR) is 119 cm³/mol. The molecule has 0 amide bonds. The number of Topliss-reactive ketones (excluding diaryl/α,β-unsaturated/α-hetero) is 1. The number of aryl methyl sites for hydroxylation is 1. The molecule has 1 fully saturated rings. The summed E-state index contributed by atoms with van der Waals surface area (Å²) in [7, 11) is 0. The summed E-state index contributed by atoms with van der Waals surface area (Å²) in [6.45, 7) is 8.13. The lowest BCUT2D eigenvalue weighted by atomic mass is 9.64. The number of hydrogen-bond acceptors (Lipinski definition) is 5. The van der Waals surface area contributed by atoms with E-state index in [0.717, 1.165) is 23.5 Å². The van der Waals surface area contributed by atoms with Gasteiger partial charge in [-0.05, 0) is 43.4 Å². The minimum Gasteiger partial charge on any atom is -0.466 e. The molecule has 1 aromatic heterocycles. The Morgan fingerprint density at radius 2 is 1.84 bits per heavy atom. The Bertz CT molecular complexity index is 1060. The molecule has 2 aromatic rings. The monoisotopic (exact) mass is 419 g/mol. The lowest BCUT2D eigenvalue weighted by Gasteiger charge is -2.40. The van der Waals surface area contributed by atoms with Crippen LogP contribution in [-0.2, 0) is 20.7 Å². The summed E-state index contributed by atoms with van der Waals surface area (Å²) in [5, 5.41) is 0. The van der Waals surface area contributed by atoms with E-state index in [-0.39, 0.29) is 17.8 Å². The van der Waals surface area contributed by atoms with E-state index in [1.807, 2.05) is 56.3 Å². The summed E-state index contributed by atoms with van der Waals surface area (Å²) < 4.78 is 11.6. The maximum absolute atomic E-state index is 13.2. The maximum atomic E-state index is 13.2. The third-order valence-corrected chi connectivity index (χ3v) is 6.12. The average molecular weight is 420 g/mol. The van der Waals surface area contributed by atoms with Crippen molar-refractivity contribution in [1.29, 1.82) is 0 Å². The van der Waals surface area contributed by atoms with Gasteiger partial charge >= 0.3 is 5.97 Å². The zero-order valence-electron chi connectivity index (χ0n) is 18.6. The third-order valence-electron chi connectivity index (χ3n) is 6.12. The second-order valence-corrected chi connectivity index (χ2v) is 9.36. The Labute approximate surface area is 183 Å². The number of esters is 1. The molecular formula is C26H29NO4. The topological polar surface area (TPSA) is 68.9 Å². The number of aliphatic imine (C=N–C) groups is 1. The number of carbonyl (C=O) groups is 2. The molecule has 2 atom stereocenters. The van der Waals surface area contributed by atoms with Gasteiger partial charge in [0.25, 0.3) is 0 Å². The van der Waals surface area contributed by atoms with Crippen molar-refractivity contribution in [3.05, 3.63) is 70.8 Å². The van der Waals surface area contributed by atoms with E-state index in [1.165, 1.54) is 0 Å². The second-order valence-electron chi connectivity index (χ2n) is 9.36. The first-order valence-electron chi connectivity index (χ1n) is 10.8. The number of rotatable bonds is 5. The van der Waals surface area contributed by atoms with Crippen LogP contribution in [0.4, 0.5) is 0 Å². The zero-order valence-corrected chi connectivity index (χ0v) is 18.6. The molecule has 5 nitrogen and oxygen atoms in total. The Balaban J connectivity index is 1.65. The Morgan fingerprint density at radius 1 is 1.10 bits per heavy atom. The molecular weight excluding hydrogens is 390 g/mol. The number of nitrogens with zero attached hydrogens (tertiary/aromatic N) is 1. The van der Waals surface area contributed by atoms with Crippen LogP contribution in [0.5, 0.6) is 0 Å². The molecule has 2 heterocycles. The van der Waals surface area contributed by atoms with Crippen molar-refractivity contribution in [2.75, 3.05) is 6.61 Å². The molecule has 162 valence electrons. The van der Waals surface area contributed by atoms with Crippen LogP contribution in [0.25, 0.3) is 0 Å². The van der Waals surface area contributed by atoms with Gasteiger partial charge in [-0.1, -0.05) is 44.2 Å². The van der Waals surface area contributed by atoms with Gasteiger partial charge in [-0.15, -0.1) is 0 Å². The van der Waals surface area contributed by atoms with Crippen LogP contribution in [0.2, 0.25) is 0 Å². The van der Waals surface area contributed by atoms with Crippen molar-refractivity contribution in [2.24, 2.45) is 16.3 Å². The second kappa shape index (κ2) is 8.29. The number of furan rings is 1. The zero-order chi connectivity index (χ0) is 22.2. The van der Waals surface area contributed by atoms with Crippen LogP contribution in [-0.4, -0.2) is 24.1 Å². The first-order chi connectivity index (χ1) is 14.7. The number of fused-ring (bicyclic) bond motifs is 1. The van der Waals surface area contributed by atoms with Crippen molar-refractivity contribution >= 4 is 17.5 Å². The fraction of sp³-hybridized carbons (Fsp3) is 0.423. The standard InChI is InChI=1S/C26H29NO4/c1-16-10-11-21(31-16)24-22(25(29)30-13-12-18-8-6-5-7-9-18)17(2)27-19-14-26(3,4)15-20(28)23(19)24/h5-11,23-24H,12-15H2,1-4H3. The van der Waals surface area contributed by atoms with Crippen molar-refractivity contribution < 1.29 is 18.7 Å². The lowest BCUT2D eigenvalue weighted by molar-refractivity contribution is -0.139. The van der Waals surface area contributed by atoms with Crippen LogP contribution in [0.3, 0.4) is 0 Å². The van der Waals surface area contributed by atoms with Gasteiger partial charge in [0, 0.05) is 24.3 Å². The maximum Gasteiger partial charge on any atom is 0.336 e. The minimum absolute atomic E-state index is 0.108. The first-order valence-corrected chi connectivity index (χ1v) is 10.8. The number of carbonyl (C=O) groups excluding carboxylic acids is 2. The van der Waals surface area contributed by atoms with Gasteiger partial charge in [-0.3, -0.25) is 9.79 Å². The summed E-state index contributed by atoms with van der Waals surface area (Å²) in [6, 6.07) is 13.6. The van der Waals surface area contributed by atoms with E-state index in [9.17, 15) is 9.59 Å². The van der Waals surface area contributed by atoms with E-state index in [2.05, 4.69) is 13.8 Å². The Hall–Kier alpha value is -2.95. The fourth-order valence-electron chi connectivity index (χ4n) is 4.77. The SMILES string of the molecule is CC1=C(C(=O)OCCc2ccccc2)C(c2ccc(C)o2)C2C(=O)CC(C)(C)CC2=N1. The van der Waals surface area contributed by atoms with E-state index >= 15 is 0 Å². The number of ether oxygens (including phenoxy) is 1. The van der Waals surface area contributed by atoms with Gasteiger partial charge < -0.3 is 9.15 Å². The Morgan fingerprint density at radius 3 is 2.52 bits per heavy atom. The highest BCUT2D eigenvalue weighted by Gasteiger charge is 2.48. The molecule has 1 aliphatic carbocycles. The number of allylic oxidation sites excluding steroid dienone is 1. The molecule has 2 unspecified atom stereocenters.